The van der Waals surface area contributed by atoms with Crippen LogP contribution in [0.1, 0.15) is 32.6 Å². The number of carbonyl (C=O) groups excluding carboxylic acids is 3. The number of ether oxygens (including phenoxy) is 1. The van der Waals surface area contributed by atoms with Crippen LogP contribution in [0.15, 0.2) is 24.3 Å². The molecule has 0 aromatic heterocycles. The molecule has 26 heavy (non-hydrogen) atoms. The number of nitrogens with one attached hydrogen (secondary N) is 1. The minimum absolute atomic E-state index is 0.0431. The molecule has 0 aliphatic carbocycles. The summed E-state index contributed by atoms with van der Waals surface area (Å²) in [4.78, 5) is 39.6. The van der Waals surface area contributed by atoms with Gasteiger partial charge in [-0.15, -0.1) is 0 Å². The fraction of sp³-hybridized carbons (Fsp3) is 0.526. The van der Waals surface area contributed by atoms with Gasteiger partial charge < -0.3 is 19.9 Å². The maximum absolute atomic E-state index is 12.5. The lowest BCUT2D eigenvalue weighted by molar-refractivity contribution is -0.121. The highest BCUT2D eigenvalue weighted by Crippen LogP contribution is 2.25. The van der Waals surface area contributed by atoms with Crippen LogP contribution in [0, 0.1) is 5.92 Å². The summed E-state index contributed by atoms with van der Waals surface area (Å²) in [6.07, 6.45) is 2.38. The van der Waals surface area contributed by atoms with Gasteiger partial charge in [0, 0.05) is 43.3 Å². The SMILES string of the molecule is CCOC(=O)N1CCC(C(=O)Nc2cccc(N3CCCC3=O)c2)CC1. The summed E-state index contributed by atoms with van der Waals surface area (Å²) >= 11 is 0. The molecule has 3 rings (SSSR count). The van der Waals surface area contributed by atoms with Gasteiger partial charge in [0.25, 0.3) is 0 Å². The molecule has 140 valence electrons. The third kappa shape index (κ3) is 4.15. The lowest BCUT2D eigenvalue weighted by atomic mass is 9.96. The molecule has 1 aromatic carbocycles. The van der Waals surface area contributed by atoms with E-state index >= 15 is 0 Å². The molecule has 0 spiro atoms. The van der Waals surface area contributed by atoms with E-state index < -0.39 is 0 Å². The summed E-state index contributed by atoms with van der Waals surface area (Å²) in [5, 5.41) is 2.95. The van der Waals surface area contributed by atoms with Crippen molar-refractivity contribution in [2.24, 2.45) is 5.92 Å². The van der Waals surface area contributed by atoms with Gasteiger partial charge in [-0.25, -0.2) is 4.79 Å². The van der Waals surface area contributed by atoms with Gasteiger partial charge in [0.15, 0.2) is 0 Å². The largest absolute Gasteiger partial charge is 0.450 e. The molecule has 0 saturated carbocycles. The first-order chi connectivity index (χ1) is 12.6. The van der Waals surface area contributed by atoms with Gasteiger partial charge in [0.2, 0.25) is 11.8 Å². The Balaban J connectivity index is 1.56. The number of piperidine rings is 1. The lowest BCUT2D eigenvalue weighted by Gasteiger charge is -2.30. The summed E-state index contributed by atoms with van der Waals surface area (Å²) in [7, 11) is 0. The Morgan fingerprint density at radius 3 is 2.65 bits per heavy atom. The molecular formula is C19H25N3O4. The van der Waals surface area contributed by atoms with Crippen LogP contribution in [0.2, 0.25) is 0 Å². The highest BCUT2D eigenvalue weighted by atomic mass is 16.6. The fourth-order valence-electron chi connectivity index (χ4n) is 3.46. The molecule has 0 radical (unpaired) electrons. The quantitative estimate of drug-likeness (QED) is 0.896. The predicted octanol–water partition coefficient (Wildman–Crippen LogP) is 2.62. The maximum Gasteiger partial charge on any atom is 0.409 e. The Morgan fingerprint density at radius 2 is 2.00 bits per heavy atom. The van der Waals surface area contributed by atoms with Crippen molar-refractivity contribution in [1.29, 1.82) is 0 Å². The average Bonchev–Trinajstić information content (AvgIpc) is 3.08. The van der Waals surface area contributed by atoms with Gasteiger partial charge in [0.1, 0.15) is 0 Å². The van der Waals surface area contributed by atoms with Gasteiger partial charge in [-0.05, 0) is 44.4 Å². The number of hydrogen-bond donors (Lipinski definition) is 1. The van der Waals surface area contributed by atoms with E-state index in [2.05, 4.69) is 5.32 Å². The number of carbonyl (C=O) groups is 3. The van der Waals surface area contributed by atoms with Crippen molar-refractivity contribution in [3.05, 3.63) is 24.3 Å². The van der Waals surface area contributed by atoms with Crippen LogP contribution in [0.5, 0.6) is 0 Å². The molecule has 3 amide bonds. The average molecular weight is 359 g/mol. The number of nitrogens with zero attached hydrogens (tertiary/aromatic N) is 2. The van der Waals surface area contributed by atoms with E-state index in [4.69, 9.17) is 4.74 Å². The van der Waals surface area contributed by atoms with Crippen molar-refractivity contribution < 1.29 is 19.1 Å². The monoisotopic (exact) mass is 359 g/mol. The molecule has 1 N–H and O–H groups in total. The van der Waals surface area contributed by atoms with Crippen molar-refractivity contribution in [2.45, 2.75) is 32.6 Å². The van der Waals surface area contributed by atoms with E-state index in [1.165, 1.54) is 0 Å². The van der Waals surface area contributed by atoms with Crippen LogP contribution in [0.3, 0.4) is 0 Å². The number of amides is 3. The number of benzene rings is 1. The molecule has 7 heteroatoms. The van der Waals surface area contributed by atoms with E-state index in [0.717, 1.165) is 18.7 Å². The smallest absolute Gasteiger partial charge is 0.409 e. The van der Waals surface area contributed by atoms with E-state index in [1.807, 2.05) is 24.3 Å². The Labute approximate surface area is 153 Å². The molecule has 0 atom stereocenters. The second kappa shape index (κ2) is 8.21. The molecule has 7 nitrogen and oxygen atoms in total. The minimum atomic E-state index is -0.311. The van der Waals surface area contributed by atoms with E-state index in [-0.39, 0.29) is 23.8 Å². The van der Waals surface area contributed by atoms with Crippen molar-refractivity contribution in [3.63, 3.8) is 0 Å². The zero-order valence-electron chi connectivity index (χ0n) is 15.1. The summed E-state index contributed by atoms with van der Waals surface area (Å²) < 4.78 is 5.00. The van der Waals surface area contributed by atoms with Crippen LogP contribution in [-0.2, 0) is 14.3 Å². The molecular weight excluding hydrogens is 334 g/mol. The Kier molecular flexibility index (Phi) is 5.75. The minimum Gasteiger partial charge on any atom is -0.450 e. The van der Waals surface area contributed by atoms with Gasteiger partial charge in [-0.1, -0.05) is 6.07 Å². The van der Waals surface area contributed by atoms with Crippen LogP contribution in [0.4, 0.5) is 16.2 Å². The molecule has 0 bridgehead atoms. The maximum atomic E-state index is 12.5. The summed E-state index contributed by atoms with van der Waals surface area (Å²) in [6, 6.07) is 7.40. The Hall–Kier alpha value is -2.57. The molecule has 0 unspecified atom stereocenters. The zero-order valence-corrected chi connectivity index (χ0v) is 15.1. The first-order valence-corrected chi connectivity index (χ1v) is 9.21. The number of likely N-dealkylation sites (tertiary alicyclic amines) is 1. The van der Waals surface area contributed by atoms with Crippen LogP contribution >= 0.6 is 0 Å². The van der Waals surface area contributed by atoms with Gasteiger partial charge >= 0.3 is 6.09 Å². The molecule has 2 heterocycles. The van der Waals surface area contributed by atoms with Crippen molar-refractivity contribution >= 4 is 29.3 Å². The van der Waals surface area contributed by atoms with Gasteiger partial charge in [0.05, 0.1) is 6.61 Å². The van der Waals surface area contributed by atoms with E-state index in [0.29, 0.717) is 44.6 Å². The number of hydrogen-bond acceptors (Lipinski definition) is 4. The first kappa shape index (κ1) is 18.2. The van der Waals surface area contributed by atoms with E-state index in [9.17, 15) is 14.4 Å². The predicted molar refractivity (Wildman–Crippen MR) is 98.0 cm³/mol. The Bertz CT molecular complexity index is 683. The van der Waals surface area contributed by atoms with Crippen molar-refractivity contribution in [3.8, 4) is 0 Å². The van der Waals surface area contributed by atoms with Crippen LogP contribution < -0.4 is 10.2 Å². The van der Waals surface area contributed by atoms with Crippen LogP contribution in [-0.4, -0.2) is 49.0 Å². The Morgan fingerprint density at radius 1 is 1.23 bits per heavy atom. The van der Waals surface area contributed by atoms with Gasteiger partial charge in [-0.3, -0.25) is 9.59 Å². The molecule has 1 aromatic rings. The van der Waals surface area contributed by atoms with Crippen molar-refractivity contribution in [2.75, 3.05) is 36.5 Å². The summed E-state index contributed by atoms with van der Waals surface area (Å²) in [5.74, 6) is -0.0454. The second-order valence-corrected chi connectivity index (χ2v) is 6.65. The summed E-state index contributed by atoms with van der Waals surface area (Å²) in [5.41, 5.74) is 1.52. The van der Waals surface area contributed by atoms with Crippen molar-refractivity contribution in [1.82, 2.24) is 4.90 Å². The van der Waals surface area contributed by atoms with Gasteiger partial charge in [-0.2, -0.15) is 0 Å². The number of rotatable bonds is 4. The number of anilines is 2. The second-order valence-electron chi connectivity index (χ2n) is 6.65. The highest BCUT2D eigenvalue weighted by Gasteiger charge is 2.28. The third-order valence-electron chi connectivity index (χ3n) is 4.89. The molecule has 2 fully saturated rings. The molecule has 2 saturated heterocycles. The molecule has 2 aliphatic rings. The fourth-order valence-corrected chi connectivity index (χ4v) is 3.46. The zero-order chi connectivity index (χ0) is 18.5. The topological polar surface area (TPSA) is 79.0 Å². The summed E-state index contributed by atoms with van der Waals surface area (Å²) in [6.45, 7) is 3.91. The third-order valence-corrected chi connectivity index (χ3v) is 4.89. The molecule has 2 aliphatic heterocycles. The normalized spacial score (nSPS) is 18.1. The van der Waals surface area contributed by atoms with Crippen LogP contribution in [0.25, 0.3) is 0 Å². The highest BCUT2D eigenvalue weighted by molar-refractivity contribution is 5.97. The first-order valence-electron chi connectivity index (χ1n) is 9.21. The lowest BCUT2D eigenvalue weighted by Crippen LogP contribution is -2.41. The standard InChI is InChI=1S/C19H25N3O4/c1-2-26-19(25)21-11-8-14(9-12-21)18(24)20-15-5-3-6-16(13-15)22-10-4-7-17(22)23/h3,5-6,13-14H,2,4,7-12H2,1H3,(H,20,24). The van der Waals surface area contributed by atoms with E-state index in [1.54, 1.807) is 16.7 Å².